The third kappa shape index (κ3) is 6.96. The molecular weight excluding hydrogens is 208 g/mol. The summed E-state index contributed by atoms with van der Waals surface area (Å²) >= 11 is 0. The molecule has 0 amide bonds. The van der Waals surface area contributed by atoms with Gasteiger partial charge in [0.25, 0.3) is 0 Å². The molecule has 0 saturated heterocycles. The van der Waals surface area contributed by atoms with Gasteiger partial charge in [-0.15, -0.1) is 0 Å². The SMILES string of the molecule is CC(C)=CCCC(C)COCc1ccccc1. The molecule has 0 N–H and O–H groups in total. The Morgan fingerprint density at radius 2 is 1.94 bits per heavy atom. The molecule has 17 heavy (non-hydrogen) atoms. The van der Waals surface area contributed by atoms with Crippen molar-refractivity contribution in [1.82, 2.24) is 0 Å². The maximum atomic E-state index is 5.72. The second-order valence-corrected chi connectivity index (χ2v) is 4.96. The van der Waals surface area contributed by atoms with Gasteiger partial charge in [-0.2, -0.15) is 0 Å². The Kier molecular flexibility index (Phi) is 6.64. The molecule has 0 spiro atoms. The Balaban J connectivity index is 2.12. The predicted molar refractivity (Wildman–Crippen MR) is 73.9 cm³/mol. The molecule has 0 aliphatic carbocycles. The quantitative estimate of drug-likeness (QED) is 0.625. The van der Waals surface area contributed by atoms with Crippen molar-refractivity contribution in [3.8, 4) is 0 Å². The first-order chi connectivity index (χ1) is 8.18. The number of benzene rings is 1. The molecule has 0 bridgehead atoms. The molecule has 0 aliphatic rings. The molecule has 1 aromatic rings. The minimum absolute atomic E-state index is 0.634. The van der Waals surface area contributed by atoms with E-state index in [0.29, 0.717) is 5.92 Å². The minimum atomic E-state index is 0.634. The lowest BCUT2D eigenvalue weighted by atomic mass is 10.1. The molecule has 1 heteroatoms. The summed E-state index contributed by atoms with van der Waals surface area (Å²) in [6.45, 7) is 8.14. The monoisotopic (exact) mass is 232 g/mol. The zero-order chi connectivity index (χ0) is 12.5. The van der Waals surface area contributed by atoms with E-state index >= 15 is 0 Å². The van der Waals surface area contributed by atoms with Gasteiger partial charge >= 0.3 is 0 Å². The second-order valence-electron chi connectivity index (χ2n) is 4.96. The fraction of sp³-hybridized carbons (Fsp3) is 0.500. The molecule has 1 unspecified atom stereocenters. The summed E-state index contributed by atoms with van der Waals surface area (Å²) in [4.78, 5) is 0. The summed E-state index contributed by atoms with van der Waals surface area (Å²) in [6, 6.07) is 10.3. The van der Waals surface area contributed by atoms with Gasteiger partial charge in [0.15, 0.2) is 0 Å². The maximum Gasteiger partial charge on any atom is 0.0717 e. The third-order valence-corrected chi connectivity index (χ3v) is 2.73. The number of hydrogen-bond acceptors (Lipinski definition) is 1. The first-order valence-corrected chi connectivity index (χ1v) is 6.43. The van der Waals surface area contributed by atoms with Crippen molar-refractivity contribution in [2.24, 2.45) is 5.92 Å². The van der Waals surface area contributed by atoms with E-state index < -0.39 is 0 Å². The molecule has 0 fully saturated rings. The van der Waals surface area contributed by atoms with Crippen molar-refractivity contribution >= 4 is 0 Å². The lowest BCUT2D eigenvalue weighted by Gasteiger charge is -2.11. The molecular formula is C16H24O. The van der Waals surface area contributed by atoms with Crippen LogP contribution in [0, 0.1) is 5.92 Å². The van der Waals surface area contributed by atoms with Crippen molar-refractivity contribution in [3.05, 3.63) is 47.5 Å². The van der Waals surface area contributed by atoms with Crippen LogP contribution in [0.15, 0.2) is 42.0 Å². The Morgan fingerprint density at radius 1 is 1.24 bits per heavy atom. The maximum absolute atomic E-state index is 5.72. The van der Waals surface area contributed by atoms with E-state index in [1.54, 1.807) is 0 Å². The number of rotatable bonds is 7. The highest BCUT2D eigenvalue weighted by Gasteiger charge is 2.01. The molecule has 0 saturated carbocycles. The first-order valence-electron chi connectivity index (χ1n) is 6.43. The molecule has 0 radical (unpaired) electrons. The van der Waals surface area contributed by atoms with Gasteiger partial charge in [0.1, 0.15) is 0 Å². The van der Waals surface area contributed by atoms with Gasteiger partial charge in [-0.3, -0.25) is 0 Å². The van der Waals surface area contributed by atoms with Gasteiger partial charge in [0.2, 0.25) is 0 Å². The second kappa shape index (κ2) is 8.08. The largest absolute Gasteiger partial charge is 0.376 e. The van der Waals surface area contributed by atoms with Gasteiger partial charge in [-0.25, -0.2) is 0 Å². The number of allylic oxidation sites excluding steroid dienone is 2. The Hall–Kier alpha value is -1.08. The van der Waals surface area contributed by atoms with Gasteiger partial charge in [-0.05, 0) is 38.2 Å². The van der Waals surface area contributed by atoms with E-state index in [9.17, 15) is 0 Å². The normalized spacial score (nSPS) is 12.2. The average molecular weight is 232 g/mol. The number of hydrogen-bond donors (Lipinski definition) is 0. The smallest absolute Gasteiger partial charge is 0.0717 e. The fourth-order valence-electron chi connectivity index (χ4n) is 1.69. The van der Waals surface area contributed by atoms with E-state index in [-0.39, 0.29) is 0 Å². The molecule has 1 aromatic carbocycles. The zero-order valence-electron chi connectivity index (χ0n) is 11.3. The van der Waals surface area contributed by atoms with Crippen LogP contribution in [0.2, 0.25) is 0 Å². The molecule has 1 atom stereocenters. The van der Waals surface area contributed by atoms with E-state index in [1.807, 2.05) is 6.07 Å². The molecule has 0 heterocycles. The van der Waals surface area contributed by atoms with E-state index in [2.05, 4.69) is 51.1 Å². The van der Waals surface area contributed by atoms with Crippen LogP contribution in [0.1, 0.15) is 39.2 Å². The zero-order valence-corrected chi connectivity index (χ0v) is 11.3. The molecule has 1 nitrogen and oxygen atoms in total. The average Bonchev–Trinajstić information content (AvgIpc) is 2.30. The summed E-state index contributed by atoms with van der Waals surface area (Å²) in [5.74, 6) is 0.634. The van der Waals surface area contributed by atoms with Crippen LogP contribution >= 0.6 is 0 Å². The topological polar surface area (TPSA) is 9.23 Å². The lowest BCUT2D eigenvalue weighted by Crippen LogP contribution is -2.05. The van der Waals surface area contributed by atoms with Gasteiger partial charge in [-0.1, -0.05) is 48.9 Å². The molecule has 0 aliphatic heterocycles. The lowest BCUT2D eigenvalue weighted by molar-refractivity contribution is 0.0898. The Labute approximate surface area is 106 Å². The highest BCUT2D eigenvalue weighted by Crippen LogP contribution is 2.09. The van der Waals surface area contributed by atoms with Crippen LogP contribution in [0.25, 0.3) is 0 Å². The van der Waals surface area contributed by atoms with E-state index in [1.165, 1.54) is 17.6 Å². The van der Waals surface area contributed by atoms with Gasteiger partial charge in [0, 0.05) is 6.61 Å². The van der Waals surface area contributed by atoms with Crippen molar-refractivity contribution in [1.29, 1.82) is 0 Å². The van der Waals surface area contributed by atoms with E-state index in [0.717, 1.165) is 19.6 Å². The predicted octanol–water partition coefficient (Wildman–Crippen LogP) is 4.59. The third-order valence-electron chi connectivity index (χ3n) is 2.73. The van der Waals surface area contributed by atoms with Crippen LogP contribution in [0.3, 0.4) is 0 Å². The van der Waals surface area contributed by atoms with Crippen LogP contribution in [0.4, 0.5) is 0 Å². The van der Waals surface area contributed by atoms with Crippen molar-refractivity contribution in [3.63, 3.8) is 0 Å². The minimum Gasteiger partial charge on any atom is -0.376 e. The first kappa shape index (κ1) is 14.0. The summed E-state index contributed by atoms with van der Waals surface area (Å²) in [5.41, 5.74) is 2.66. The summed E-state index contributed by atoms with van der Waals surface area (Å²) in [6.07, 6.45) is 4.67. The summed E-state index contributed by atoms with van der Waals surface area (Å²) < 4.78 is 5.72. The van der Waals surface area contributed by atoms with Crippen LogP contribution in [-0.4, -0.2) is 6.61 Å². The summed E-state index contributed by atoms with van der Waals surface area (Å²) in [5, 5.41) is 0. The fourth-order valence-corrected chi connectivity index (χ4v) is 1.69. The Bertz CT molecular complexity index is 323. The molecule has 1 rings (SSSR count). The van der Waals surface area contributed by atoms with Crippen LogP contribution in [-0.2, 0) is 11.3 Å². The van der Waals surface area contributed by atoms with Gasteiger partial charge < -0.3 is 4.74 Å². The van der Waals surface area contributed by atoms with Crippen LogP contribution in [0.5, 0.6) is 0 Å². The van der Waals surface area contributed by atoms with Crippen molar-refractivity contribution < 1.29 is 4.74 Å². The van der Waals surface area contributed by atoms with E-state index in [4.69, 9.17) is 4.74 Å². The molecule has 0 aromatic heterocycles. The van der Waals surface area contributed by atoms with Crippen molar-refractivity contribution in [2.75, 3.05) is 6.61 Å². The number of ether oxygens (including phenoxy) is 1. The Morgan fingerprint density at radius 3 is 2.59 bits per heavy atom. The van der Waals surface area contributed by atoms with Crippen LogP contribution < -0.4 is 0 Å². The summed E-state index contributed by atoms with van der Waals surface area (Å²) in [7, 11) is 0. The highest BCUT2D eigenvalue weighted by molar-refractivity contribution is 5.13. The standard InChI is InChI=1S/C16H24O/c1-14(2)8-7-9-15(3)12-17-13-16-10-5-4-6-11-16/h4-6,8,10-11,15H,7,9,12-13H2,1-3H3. The highest BCUT2D eigenvalue weighted by atomic mass is 16.5. The van der Waals surface area contributed by atoms with Crippen molar-refractivity contribution in [2.45, 2.75) is 40.2 Å². The molecule has 94 valence electrons. The van der Waals surface area contributed by atoms with Gasteiger partial charge in [0.05, 0.1) is 6.61 Å².